The minimum atomic E-state index is -1.05. The molecule has 7 nitrogen and oxygen atoms in total. The van der Waals surface area contributed by atoms with Gasteiger partial charge in [0.2, 0.25) is 11.9 Å². The predicted molar refractivity (Wildman–Crippen MR) is 172 cm³/mol. The molecule has 4 aliphatic rings. The van der Waals surface area contributed by atoms with Crippen LogP contribution in [0.2, 0.25) is 0 Å². The Hall–Kier alpha value is -3.14. The van der Waals surface area contributed by atoms with Crippen molar-refractivity contribution in [3.63, 3.8) is 0 Å². The summed E-state index contributed by atoms with van der Waals surface area (Å²) in [5.41, 5.74) is 2.83. The first-order valence-electron chi connectivity index (χ1n) is 14.5. The second-order valence-corrected chi connectivity index (χ2v) is 13.6. The lowest BCUT2D eigenvalue weighted by atomic mass is 9.66. The van der Waals surface area contributed by atoms with E-state index in [1.54, 1.807) is 11.9 Å². The SMILES string of the molecule is C1CCOC1.CN1C(=O)[C@]2(C[C@@H]3[C@H](C=C(C=O)[C@@H](c4ccc(Br)cc4)[C@@H]3[N+](=O)[O-])[C@H]2c2ccc(Br)cc2)c2ccccc21. The van der Waals surface area contributed by atoms with Crippen LogP contribution in [0.15, 0.2) is 93.4 Å². The number of likely N-dealkylation sites (N-methyl/N-ethyl adjacent to an activating group) is 1. The first-order chi connectivity index (χ1) is 20.8. The van der Waals surface area contributed by atoms with Crippen molar-refractivity contribution < 1.29 is 19.2 Å². The number of anilines is 1. The molecule has 222 valence electrons. The highest BCUT2D eigenvalue weighted by Crippen LogP contribution is 2.65. The number of aldehydes is 1. The zero-order valence-electron chi connectivity index (χ0n) is 23.7. The van der Waals surface area contributed by atoms with E-state index in [9.17, 15) is 19.7 Å². The van der Waals surface area contributed by atoms with Crippen LogP contribution in [0.25, 0.3) is 0 Å². The summed E-state index contributed by atoms with van der Waals surface area (Å²) in [5.74, 6) is -1.91. The normalized spacial score (nSPS) is 29.0. The first kappa shape index (κ1) is 29.9. The predicted octanol–water partition coefficient (Wildman–Crippen LogP) is 7.21. The van der Waals surface area contributed by atoms with Crippen molar-refractivity contribution in [1.82, 2.24) is 0 Å². The van der Waals surface area contributed by atoms with Gasteiger partial charge in [0, 0.05) is 57.2 Å². The fourth-order valence-electron chi connectivity index (χ4n) is 7.85. The monoisotopic (exact) mass is 706 g/mol. The molecule has 1 saturated carbocycles. The Labute approximate surface area is 267 Å². The number of amides is 1. The van der Waals surface area contributed by atoms with Crippen LogP contribution in [0.1, 0.15) is 47.8 Å². The zero-order valence-corrected chi connectivity index (χ0v) is 26.9. The first-order valence-corrected chi connectivity index (χ1v) is 16.1. The third kappa shape index (κ3) is 5.09. The Morgan fingerprint density at radius 1 is 0.953 bits per heavy atom. The Morgan fingerprint density at radius 3 is 2.12 bits per heavy atom. The van der Waals surface area contributed by atoms with Crippen molar-refractivity contribution in [2.45, 2.75) is 42.6 Å². The molecule has 2 fully saturated rings. The lowest BCUT2D eigenvalue weighted by Crippen LogP contribution is -2.42. The number of nitrogens with zero attached hydrogens (tertiary/aromatic N) is 2. The van der Waals surface area contributed by atoms with Gasteiger partial charge in [-0.15, -0.1) is 0 Å². The van der Waals surface area contributed by atoms with Crippen molar-refractivity contribution in [3.05, 3.63) is 120 Å². The molecule has 43 heavy (non-hydrogen) atoms. The molecule has 7 rings (SSSR count). The van der Waals surface area contributed by atoms with Crippen LogP contribution in [0, 0.1) is 22.0 Å². The van der Waals surface area contributed by atoms with Crippen molar-refractivity contribution in [1.29, 1.82) is 0 Å². The Morgan fingerprint density at radius 2 is 1.56 bits per heavy atom. The lowest BCUT2D eigenvalue weighted by molar-refractivity contribution is -0.537. The van der Waals surface area contributed by atoms with E-state index >= 15 is 0 Å². The summed E-state index contributed by atoms with van der Waals surface area (Å²) in [6.45, 7) is 2.00. The van der Waals surface area contributed by atoms with E-state index in [4.69, 9.17) is 4.74 Å². The second kappa shape index (κ2) is 12.1. The van der Waals surface area contributed by atoms with Crippen molar-refractivity contribution in [3.8, 4) is 0 Å². The molecule has 2 heterocycles. The standard InChI is InChI=1S/C30H24Br2N2O4.C4H8O/c1-33-25-5-3-2-4-24(25)30(29(33)36)15-23-22(27(30)18-8-12-21(32)13-9-18)14-19(16-35)26(28(23)34(37)38)17-6-10-20(31)11-7-17;1-2-4-5-3-1/h2-14,16,22-23,26-28H,15H2,1H3;1-4H2/t22-,23+,26+,27+,28+,30+;/m0./s1. The minimum Gasteiger partial charge on any atom is -0.381 e. The molecule has 0 bridgehead atoms. The number of carbonyl (C=O) groups excluding carboxylic acids is 2. The van der Waals surface area contributed by atoms with E-state index in [1.165, 1.54) is 12.8 Å². The molecular weight excluding hydrogens is 676 g/mol. The van der Waals surface area contributed by atoms with Crippen LogP contribution in [0.5, 0.6) is 0 Å². The van der Waals surface area contributed by atoms with Gasteiger partial charge in [0.1, 0.15) is 6.29 Å². The summed E-state index contributed by atoms with van der Waals surface area (Å²) in [6, 6.07) is 21.9. The largest absolute Gasteiger partial charge is 0.381 e. The number of rotatable bonds is 4. The highest BCUT2D eigenvalue weighted by atomic mass is 79.9. The minimum absolute atomic E-state index is 0.0515. The summed E-state index contributed by atoms with van der Waals surface area (Å²) in [4.78, 5) is 41.1. The highest BCUT2D eigenvalue weighted by molar-refractivity contribution is 9.10. The smallest absolute Gasteiger partial charge is 0.238 e. The van der Waals surface area contributed by atoms with Gasteiger partial charge >= 0.3 is 0 Å². The van der Waals surface area contributed by atoms with Gasteiger partial charge < -0.3 is 9.64 Å². The molecule has 1 amide bonds. The Kier molecular flexibility index (Phi) is 8.41. The molecular formula is C34H32Br2N2O5. The van der Waals surface area contributed by atoms with Crippen LogP contribution in [-0.2, 0) is 19.7 Å². The average molecular weight is 708 g/mol. The van der Waals surface area contributed by atoms with E-state index in [2.05, 4.69) is 31.9 Å². The molecule has 0 unspecified atom stereocenters. The van der Waals surface area contributed by atoms with Gasteiger partial charge in [-0.25, -0.2) is 0 Å². The van der Waals surface area contributed by atoms with Gasteiger partial charge in [-0.05, 0) is 72.2 Å². The van der Waals surface area contributed by atoms with Gasteiger partial charge in [-0.3, -0.25) is 19.7 Å². The van der Waals surface area contributed by atoms with E-state index < -0.39 is 23.3 Å². The number of halogens is 2. The summed E-state index contributed by atoms with van der Waals surface area (Å²) < 4.78 is 6.71. The third-order valence-electron chi connectivity index (χ3n) is 9.59. The molecule has 9 heteroatoms. The number of ether oxygens (including phenoxy) is 1. The molecule has 6 atom stereocenters. The summed E-state index contributed by atoms with van der Waals surface area (Å²) >= 11 is 6.94. The van der Waals surface area contributed by atoms with E-state index in [1.807, 2.05) is 78.9 Å². The van der Waals surface area contributed by atoms with Gasteiger partial charge in [0.05, 0.1) is 11.3 Å². The molecule has 2 aliphatic heterocycles. The van der Waals surface area contributed by atoms with Crippen molar-refractivity contribution in [2.24, 2.45) is 11.8 Å². The molecule has 1 spiro atoms. The van der Waals surface area contributed by atoms with E-state index in [0.717, 1.165) is 50.8 Å². The van der Waals surface area contributed by atoms with E-state index in [0.29, 0.717) is 12.0 Å². The van der Waals surface area contributed by atoms with Crippen LogP contribution in [-0.4, -0.2) is 43.4 Å². The molecule has 3 aromatic rings. The van der Waals surface area contributed by atoms with E-state index in [-0.39, 0.29) is 22.7 Å². The zero-order chi connectivity index (χ0) is 30.3. The number of hydrogen-bond acceptors (Lipinski definition) is 5. The maximum Gasteiger partial charge on any atom is 0.238 e. The van der Waals surface area contributed by atoms with Crippen LogP contribution in [0.3, 0.4) is 0 Å². The fourth-order valence-corrected chi connectivity index (χ4v) is 8.38. The van der Waals surface area contributed by atoms with Crippen molar-refractivity contribution in [2.75, 3.05) is 25.2 Å². The molecule has 3 aromatic carbocycles. The maximum absolute atomic E-state index is 14.2. The summed E-state index contributed by atoms with van der Waals surface area (Å²) in [6.07, 6.45) is 5.58. The van der Waals surface area contributed by atoms with Crippen molar-refractivity contribution >= 4 is 49.7 Å². The number of hydrogen-bond donors (Lipinski definition) is 0. The van der Waals surface area contributed by atoms with Crippen LogP contribution >= 0.6 is 31.9 Å². The number of benzene rings is 3. The van der Waals surface area contributed by atoms with Gasteiger partial charge in [0.25, 0.3) is 0 Å². The quantitative estimate of drug-likeness (QED) is 0.163. The lowest BCUT2D eigenvalue weighted by Gasteiger charge is -2.36. The highest BCUT2D eigenvalue weighted by Gasteiger charge is 2.67. The average Bonchev–Trinajstić information content (AvgIpc) is 3.75. The van der Waals surface area contributed by atoms with Crippen LogP contribution < -0.4 is 4.90 Å². The number of allylic oxidation sites excluding steroid dienone is 1. The number of fused-ring (bicyclic) bond motifs is 3. The van der Waals surface area contributed by atoms with Gasteiger partial charge in [-0.2, -0.15) is 0 Å². The topological polar surface area (TPSA) is 89.8 Å². The molecule has 0 N–H and O–H groups in total. The van der Waals surface area contributed by atoms with Crippen LogP contribution in [0.4, 0.5) is 5.69 Å². The Bertz CT molecular complexity index is 1560. The van der Waals surface area contributed by atoms with Gasteiger partial charge in [0.15, 0.2) is 0 Å². The number of nitro groups is 1. The third-order valence-corrected chi connectivity index (χ3v) is 10.6. The molecule has 1 saturated heterocycles. The number of carbonyl (C=O) groups is 2. The fraction of sp³-hybridized carbons (Fsp3) is 0.353. The Balaban J connectivity index is 0.000000599. The van der Waals surface area contributed by atoms with Gasteiger partial charge in [-0.1, -0.05) is 80.4 Å². The second-order valence-electron chi connectivity index (χ2n) is 11.7. The maximum atomic E-state index is 14.2. The molecule has 2 aliphatic carbocycles. The number of para-hydroxylation sites is 1. The molecule has 0 aromatic heterocycles. The summed E-state index contributed by atoms with van der Waals surface area (Å²) in [7, 11) is 1.78. The molecule has 0 radical (unpaired) electrons. The summed E-state index contributed by atoms with van der Waals surface area (Å²) in [5, 5.41) is 12.8.